The smallest absolute Gasteiger partial charge is 0.269 e. The van der Waals surface area contributed by atoms with Crippen LogP contribution in [0, 0.1) is 24.0 Å². The van der Waals surface area contributed by atoms with Crippen LogP contribution in [0.1, 0.15) is 30.9 Å². The number of thioether (sulfide) groups is 1. The van der Waals surface area contributed by atoms with E-state index in [2.05, 4.69) is 10.6 Å². The molecular weight excluding hydrogens is 390 g/mol. The van der Waals surface area contributed by atoms with Crippen molar-refractivity contribution in [2.45, 2.75) is 38.9 Å². The van der Waals surface area contributed by atoms with E-state index in [0.717, 1.165) is 17.7 Å². The third kappa shape index (κ3) is 6.90. The quantitative estimate of drug-likeness (QED) is 0.457. The van der Waals surface area contributed by atoms with Gasteiger partial charge >= 0.3 is 0 Å². The molecule has 0 spiro atoms. The van der Waals surface area contributed by atoms with Gasteiger partial charge in [-0.05, 0) is 44.0 Å². The first kappa shape index (κ1) is 22.4. The van der Waals surface area contributed by atoms with Crippen molar-refractivity contribution < 1.29 is 14.5 Å². The Labute approximate surface area is 174 Å². The SMILES string of the molecule is CCCC(SCC(=O)Nc1ccc(C)cc1)C(=O)Nc1ccc([N+](=O)[O-])cc1C. The lowest BCUT2D eigenvalue weighted by Crippen LogP contribution is -2.27. The Kier molecular flexibility index (Phi) is 8.21. The molecule has 0 saturated carbocycles. The van der Waals surface area contributed by atoms with Crippen LogP contribution in [0.25, 0.3) is 0 Å². The number of non-ortho nitro benzene ring substituents is 1. The Morgan fingerprint density at radius 2 is 1.79 bits per heavy atom. The highest BCUT2D eigenvalue weighted by Gasteiger charge is 2.21. The number of nitrogens with zero attached hydrogens (tertiary/aromatic N) is 1. The summed E-state index contributed by atoms with van der Waals surface area (Å²) in [5, 5.41) is 16.1. The van der Waals surface area contributed by atoms with Crippen molar-refractivity contribution in [3.8, 4) is 0 Å². The predicted octanol–water partition coefficient (Wildman–Crippen LogP) is 4.69. The van der Waals surface area contributed by atoms with Crippen molar-refractivity contribution in [3.63, 3.8) is 0 Å². The molecule has 2 aromatic carbocycles. The molecule has 8 heteroatoms. The second kappa shape index (κ2) is 10.6. The van der Waals surface area contributed by atoms with Crippen molar-refractivity contribution in [3.05, 3.63) is 63.7 Å². The predicted molar refractivity (Wildman–Crippen MR) is 117 cm³/mol. The van der Waals surface area contributed by atoms with E-state index in [1.165, 1.54) is 30.0 Å². The maximum atomic E-state index is 12.7. The molecule has 0 radical (unpaired) electrons. The number of carbonyl (C=O) groups excluding carboxylic acids is 2. The lowest BCUT2D eigenvalue weighted by molar-refractivity contribution is -0.384. The van der Waals surface area contributed by atoms with Gasteiger partial charge in [0, 0.05) is 23.5 Å². The van der Waals surface area contributed by atoms with Crippen LogP contribution in [0.3, 0.4) is 0 Å². The van der Waals surface area contributed by atoms with Gasteiger partial charge in [0.15, 0.2) is 0 Å². The Hall–Kier alpha value is -2.87. The lowest BCUT2D eigenvalue weighted by Gasteiger charge is -2.17. The maximum absolute atomic E-state index is 12.7. The highest BCUT2D eigenvalue weighted by molar-refractivity contribution is 8.01. The van der Waals surface area contributed by atoms with E-state index in [9.17, 15) is 19.7 Å². The van der Waals surface area contributed by atoms with Crippen LogP contribution >= 0.6 is 11.8 Å². The third-order valence-electron chi connectivity index (χ3n) is 4.27. The Morgan fingerprint density at radius 3 is 2.38 bits per heavy atom. The summed E-state index contributed by atoms with van der Waals surface area (Å²) in [5.74, 6) is -0.221. The Bertz CT molecular complexity index is 884. The molecule has 0 fully saturated rings. The summed E-state index contributed by atoms with van der Waals surface area (Å²) in [4.78, 5) is 35.3. The highest BCUT2D eigenvalue weighted by atomic mass is 32.2. The summed E-state index contributed by atoms with van der Waals surface area (Å²) >= 11 is 1.29. The molecule has 154 valence electrons. The minimum atomic E-state index is -0.471. The molecule has 29 heavy (non-hydrogen) atoms. The zero-order valence-corrected chi connectivity index (χ0v) is 17.5. The Morgan fingerprint density at radius 1 is 1.10 bits per heavy atom. The van der Waals surface area contributed by atoms with E-state index in [4.69, 9.17) is 0 Å². The normalized spacial score (nSPS) is 11.6. The monoisotopic (exact) mass is 415 g/mol. The number of rotatable bonds is 9. The molecule has 2 aromatic rings. The van der Waals surface area contributed by atoms with Gasteiger partial charge in [0.05, 0.1) is 15.9 Å². The van der Waals surface area contributed by atoms with Crippen LogP contribution in [-0.4, -0.2) is 27.7 Å². The second-order valence-corrected chi connectivity index (χ2v) is 7.94. The fraction of sp³-hybridized carbons (Fsp3) is 0.333. The van der Waals surface area contributed by atoms with E-state index >= 15 is 0 Å². The number of nitro groups is 1. The molecule has 0 aliphatic rings. The van der Waals surface area contributed by atoms with Crippen LogP contribution in [-0.2, 0) is 9.59 Å². The number of hydrogen-bond acceptors (Lipinski definition) is 5. The lowest BCUT2D eigenvalue weighted by atomic mass is 10.1. The number of amides is 2. The van der Waals surface area contributed by atoms with Crippen LogP contribution < -0.4 is 10.6 Å². The summed E-state index contributed by atoms with van der Waals surface area (Å²) in [6, 6.07) is 11.8. The maximum Gasteiger partial charge on any atom is 0.269 e. The zero-order chi connectivity index (χ0) is 21.4. The summed E-state index contributed by atoms with van der Waals surface area (Å²) in [6.07, 6.45) is 1.42. The zero-order valence-electron chi connectivity index (χ0n) is 16.7. The number of hydrogen-bond donors (Lipinski definition) is 2. The molecule has 0 aromatic heterocycles. The minimum Gasteiger partial charge on any atom is -0.325 e. The molecule has 0 saturated heterocycles. The van der Waals surface area contributed by atoms with Gasteiger partial charge in [-0.2, -0.15) is 0 Å². The fourth-order valence-corrected chi connectivity index (χ4v) is 3.71. The van der Waals surface area contributed by atoms with Gasteiger partial charge in [-0.25, -0.2) is 0 Å². The van der Waals surface area contributed by atoms with Crippen LogP contribution in [0.2, 0.25) is 0 Å². The number of aryl methyl sites for hydroxylation is 2. The van der Waals surface area contributed by atoms with E-state index in [1.54, 1.807) is 6.92 Å². The van der Waals surface area contributed by atoms with Gasteiger partial charge in [0.2, 0.25) is 11.8 Å². The van der Waals surface area contributed by atoms with Crippen LogP contribution in [0.15, 0.2) is 42.5 Å². The summed E-state index contributed by atoms with van der Waals surface area (Å²) in [7, 11) is 0. The van der Waals surface area contributed by atoms with Crippen molar-refractivity contribution in [2.75, 3.05) is 16.4 Å². The van der Waals surface area contributed by atoms with Crippen LogP contribution in [0.4, 0.5) is 17.1 Å². The summed E-state index contributed by atoms with van der Waals surface area (Å²) < 4.78 is 0. The highest BCUT2D eigenvalue weighted by Crippen LogP contribution is 2.24. The molecule has 1 atom stereocenters. The number of anilines is 2. The first-order valence-electron chi connectivity index (χ1n) is 9.34. The van der Waals surface area contributed by atoms with E-state index < -0.39 is 10.2 Å². The van der Waals surface area contributed by atoms with Crippen molar-refractivity contribution in [1.82, 2.24) is 0 Å². The van der Waals surface area contributed by atoms with E-state index in [1.807, 2.05) is 38.1 Å². The fourth-order valence-electron chi connectivity index (χ4n) is 2.68. The van der Waals surface area contributed by atoms with E-state index in [0.29, 0.717) is 17.7 Å². The van der Waals surface area contributed by atoms with Crippen molar-refractivity contribution >= 4 is 40.6 Å². The van der Waals surface area contributed by atoms with Gasteiger partial charge in [-0.15, -0.1) is 11.8 Å². The van der Waals surface area contributed by atoms with Crippen molar-refractivity contribution in [2.24, 2.45) is 0 Å². The molecule has 0 bridgehead atoms. The van der Waals surface area contributed by atoms with Gasteiger partial charge in [0.1, 0.15) is 0 Å². The van der Waals surface area contributed by atoms with E-state index in [-0.39, 0.29) is 23.3 Å². The molecule has 0 aliphatic heterocycles. The van der Waals surface area contributed by atoms with Gasteiger partial charge in [-0.1, -0.05) is 31.0 Å². The molecule has 2 amide bonds. The summed E-state index contributed by atoms with van der Waals surface area (Å²) in [6.45, 7) is 5.66. The average molecular weight is 416 g/mol. The molecule has 1 unspecified atom stereocenters. The molecule has 2 N–H and O–H groups in total. The minimum absolute atomic E-state index is 0.0206. The molecular formula is C21H25N3O4S. The first-order valence-corrected chi connectivity index (χ1v) is 10.4. The number of carbonyl (C=O) groups is 2. The standard InChI is InChI=1S/C21H25N3O4S/c1-4-5-19(29-13-20(25)22-16-8-6-14(2)7-9-16)21(26)23-18-11-10-17(24(27)28)12-15(18)3/h6-12,19H,4-5,13H2,1-3H3,(H,22,25)(H,23,26). The summed E-state index contributed by atoms with van der Waals surface area (Å²) in [5.41, 5.74) is 2.96. The Balaban J connectivity index is 1.95. The van der Waals surface area contributed by atoms with Gasteiger partial charge < -0.3 is 10.6 Å². The average Bonchev–Trinajstić information content (AvgIpc) is 2.68. The number of nitro benzene ring substituents is 1. The first-order chi connectivity index (χ1) is 13.8. The third-order valence-corrected chi connectivity index (χ3v) is 5.55. The van der Waals surface area contributed by atoms with Gasteiger partial charge in [0.25, 0.3) is 5.69 Å². The number of nitrogens with one attached hydrogen (secondary N) is 2. The number of benzene rings is 2. The topological polar surface area (TPSA) is 101 Å². The van der Waals surface area contributed by atoms with Crippen LogP contribution in [0.5, 0.6) is 0 Å². The molecule has 0 aliphatic carbocycles. The van der Waals surface area contributed by atoms with Gasteiger partial charge in [-0.3, -0.25) is 19.7 Å². The molecule has 0 heterocycles. The largest absolute Gasteiger partial charge is 0.325 e. The van der Waals surface area contributed by atoms with Crippen molar-refractivity contribution in [1.29, 1.82) is 0 Å². The molecule has 2 rings (SSSR count). The molecule has 7 nitrogen and oxygen atoms in total. The second-order valence-electron chi connectivity index (χ2n) is 6.75.